The van der Waals surface area contributed by atoms with Crippen molar-refractivity contribution in [3.63, 3.8) is 0 Å². The predicted octanol–water partition coefficient (Wildman–Crippen LogP) is 8.47. The van der Waals surface area contributed by atoms with E-state index in [0.717, 1.165) is 22.4 Å². The van der Waals surface area contributed by atoms with E-state index in [4.69, 9.17) is 39.5 Å². The molecule has 0 radical (unpaired) electrons. The van der Waals surface area contributed by atoms with Crippen LogP contribution in [0.5, 0.6) is 5.75 Å². The lowest BCUT2D eigenvalue weighted by Gasteiger charge is -2.12. The van der Waals surface area contributed by atoms with Crippen molar-refractivity contribution in [2.75, 3.05) is 0 Å². The summed E-state index contributed by atoms with van der Waals surface area (Å²) < 4.78 is 5.08. The Bertz CT molecular complexity index is 1300. The zero-order valence-electron chi connectivity index (χ0n) is 16.0. The van der Waals surface area contributed by atoms with Gasteiger partial charge >= 0.3 is 6.16 Å². The van der Waals surface area contributed by atoms with Gasteiger partial charge in [0, 0.05) is 32.7 Å². The molecule has 8 heteroatoms. The Kier molecular flexibility index (Phi) is 6.21. The summed E-state index contributed by atoms with van der Waals surface area (Å²) in [7, 11) is 0. The van der Waals surface area contributed by atoms with Gasteiger partial charge in [-0.05, 0) is 43.3 Å². The highest BCUT2D eigenvalue weighted by Gasteiger charge is 2.16. The molecule has 4 rings (SSSR count). The number of rotatable bonds is 4. The maximum atomic E-state index is 11.3. The largest absolute Gasteiger partial charge is 0.511 e. The SMILES string of the molecule is Cc1ccc(Cl)c(-c2ccc(-c3nc(-c4ccc(Cl)c(Cl)c4)cs3)cc2OC(=O)O)c1. The van der Waals surface area contributed by atoms with Crippen LogP contribution >= 0.6 is 46.1 Å². The van der Waals surface area contributed by atoms with E-state index in [0.29, 0.717) is 31.2 Å². The molecular weight excluding hydrogens is 477 g/mol. The van der Waals surface area contributed by atoms with Crippen molar-refractivity contribution in [1.29, 1.82) is 0 Å². The minimum Gasteiger partial charge on any atom is -0.449 e. The molecule has 0 atom stereocenters. The molecule has 0 aliphatic heterocycles. The van der Waals surface area contributed by atoms with Gasteiger partial charge in [-0.1, -0.05) is 58.6 Å². The Hall–Kier alpha value is -2.57. The predicted molar refractivity (Wildman–Crippen MR) is 127 cm³/mol. The lowest BCUT2D eigenvalue weighted by molar-refractivity contribution is 0.144. The van der Waals surface area contributed by atoms with Gasteiger partial charge < -0.3 is 9.84 Å². The number of nitrogens with zero attached hydrogens (tertiary/aromatic N) is 1. The van der Waals surface area contributed by atoms with Crippen LogP contribution in [-0.2, 0) is 0 Å². The molecule has 3 aromatic carbocycles. The van der Waals surface area contributed by atoms with Gasteiger partial charge in [0.2, 0.25) is 0 Å². The summed E-state index contributed by atoms with van der Waals surface area (Å²) in [5.74, 6) is 0.184. The highest BCUT2D eigenvalue weighted by Crippen LogP contribution is 2.39. The van der Waals surface area contributed by atoms with Crippen LogP contribution in [-0.4, -0.2) is 16.2 Å². The molecular formula is C23H14Cl3NO3S. The first-order valence-electron chi connectivity index (χ1n) is 9.04. The van der Waals surface area contributed by atoms with Crippen molar-refractivity contribution in [3.05, 3.63) is 80.6 Å². The summed E-state index contributed by atoms with van der Waals surface area (Å²) in [5, 5.41) is 13.3. The second-order valence-corrected chi connectivity index (χ2v) is 8.81. The topological polar surface area (TPSA) is 59.4 Å². The number of halogens is 3. The average Bonchev–Trinajstić information content (AvgIpc) is 3.22. The van der Waals surface area contributed by atoms with Crippen LogP contribution < -0.4 is 4.74 Å². The zero-order valence-corrected chi connectivity index (χ0v) is 19.1. The standard InChI is InChI=1S/C23H14Cl3NO3S/c1-12-2-6-17(24)16(8-12)15-5-3-14(10-21(15)30-23(28)29)22-27-20(11-31-22)13-4-7-18(25)19(26)9-13/h2-11H,1H3,(H,28,29). The summed E-state index contributed by atoms with van der Waals surface area (Å²) in [6.07, 6.45) is -1.40. The Morgan fingerprint density at radius 3 is 2.39 bits per heavy atom. The third-order valence-electron chi connectivity index (χ3n) is 4.56. The van der Waals surface area contributed by atoms with Gasteiger partial charge in [-0.15, -0.1) is 11.3 Å². The van der Waals surface area contributed by atoms with Crippen molar-refractivity contribution >= 4 is 52.3 Å². The fraction of sp³-hybridized carbons (Fsp3) is 0.0435. The Morgan fingerprint density at radius 1 is 0.903 bits per heavy atom. The van der Waals surface area contributed by atoms with E-state index in [1.165, 1.54) is 11.3 Å². The number of hydrogen-bond acceptors (Lipinski definition) is 4. The van der Waals surface area contributed by atoms with Gasteiger partial charge in [0.05, 0.1) is 15.7 Å². The van der Waals surface area contributed by atoms with E-state index in [-0.39, 0.29) is 5.75 Å². The highest BCUT2D eigenvalue weighted by atomic mass is 35.5. The van der Waals surface area contributed by atoms with Gasteiger partial charge in [-0.25, -0.2) is 9.78 Å². The maximum Gasteiger partial charge on any atom is 0.511 e. The summed E-state index contributed by atoms with van der Waals surface area (Å²) in [5.41, 5.74) is 4.57. The molecule has 0 spiro atoms. The smallest absolute Gasteiger partial charge is 0.449 e. The fourth-order valence-electron chi connectivity index (χ4n) is 3.10. The number of carboxylic acid groups (broad SMARTS) is 1. The number of hydrogen-bond donors (Lipinski definition) is 1. The fourth-order valence-corrected chi connectivity index (χ4v) is 4.44. The third kappa shape index (κ3) is 4.70. The van der Waals surface area contributed by atoms with Gasteiger partial charge in [-0.3, -0.25) is 0 Å². The van der Waals surface area contributed by atoms with Crippen molar-refractivity contribution < 1.29 is 14.6 Å². The molecule has 4 aromatic rings. The normalized spacial score (nSPS) is 10.8. The van der Waals surface area contributed by atoms with Crippen LogP contribution in [0.2, 0.25) is 15.1 Å². The first-order valence-corrected chi connectivity index (χ1v) is 11.1. The molecule has 1 heterocycles. The molecule has 0 aliphatic rings. The molecule has 0 amide bonds. The van der Waals surface area contributed by atoms with Crippen LogP contribution in [0.25, 0.3) is 33.0 Å². The monoisotopic (exact) mass is 489 g/mol. The Morgan fingerprint density at radius 2 is 1.65 bits per heavy atom. The van der Waals surface area contributed by atoms with E-state index in [1.807, 2.05) is 36.6 Å². The Balaban J connectivity index is 1.76. The van der Waals surface area contributed by atoms with Crippen LogP contribution in [0.3, 0.4) is 0 Å². The van der Waals surface area contributed by atoms with Crippen molar-refractivity contribution in [2.24, 2.45) is 0 Å². The maximum absolute atomic E-state index is 11.3. The summed E-state index contributed by atoms with van der Waals surface area (Å²) in [6, 6.07) is 16.2. The molecule has 156 valence electrons. The molecule has 0 saturated carbocycles. The molecule has 0 fully saturated rings. The number of benzene rings is 3. The lowest BCUT2D eigenvalue weighted by atomic mass is 10.0. The molecule has 0 saturated heterocycles. The van der Waals surface area contributed by atoms with E-state index < -0.39 is 6.16 Å². The van der Waals surface area contributed by atoms with Gasteiger partial charge in [0.15, 0.2) is 0 Å². The van der Waals surface area contributed by atoms with Crippen molar-refractivity contribution in [1.82, 2.24) is 4.98 Å². The molecule has 31 heavy (non-hydrogen) atoms. The molecule has 0 aliphatic carbocycles. The van der Waals surface area contributed by atoms with Crippen LogP contribution in [0, 0.1) is 6.92 Å². The first-order chi connectivity index (χ1) is 14.8. The number of ether oxygens (including phenoxy) is 1. The van der Waals surface area contributed by atoms with Crippen LogP contribution in [0.1, 0.15) is 5.56 Å². The number of aryl methyl sites for hydroxylation is 1. The summed E-state index contributed by atoms with van der Waals surface area (Å²) in [6.45, 7) is 1.94. The number of carbonyl (C=O) groups is 1. The van der Waals surface area contributed by atoms with E-state index in [2.05, 4.69) is 4.98 Å². The van der Waals surface area contributed by atoms with Crippen molar-refractivity contribution in [2.45, 2.75) is 6.92 Å². The molecule has 1 N–H and O–H groups in total. The average molecular weight is 491 g/mol. The first kappa shape index (κ1) is 21.7. The van der Waals surface area contributed by atoms with Crippen molar-refractivity contribution in [3.8, 4) is 38.7 Å². The second kappa shape index (κ2) is 8.89. The number of thiazole rings is 1. The molecule has 4 nitrogen and oxygen atoms in total. The van der Waals surface area contributed by atoms with Gasteiger partial charge in [0.1, 0.15) is 10.8 Å². The quantitative estimate of drug-likeness (QED) is 0.230. The lowest BCUT2D eigenvalue weighted by Crippen LogP contribution is -2.04. The second-order valence-electron chi connectivity index (χ2n) is 6.73. The van der Waals surface area contributed by atoms with Crippen LogP contribution in [0.15, 0.2) is 60.0 Å². The highest BCUT2D eigenvalue weighted by molar-refractivity contribution is 7.13. The minimum absolute atomic E-state index is 0.184. The number of aromatic nitrogens is 1. The molecule has 0 unspecified atom stereocenters. The van der Waals surface area contributed by atoms with E-state index in [9.17, 15) is 9.90 Å². The summed E-state index contributed by atoms with van der Waals surface area (Å²) >= 11 is 19.9. The van der Waals surface area contributed by atoms with Gasteiger partial charge in [-0.2, -0.15) is 0 Å². The van der Waals surface area contributed by atoms with E-state index >= 15 is 0 Å². The minimum atomic E-state index is -1.40. The zero-order chi connectivity index (χ0) is 22.1. The van der Waals surface area contributed by atoms with Crippen LogP contribution in [0.4, 0.5) is 4.79 Å². The molecule has 1 aromatic heterocycles. The van der Waals surface area contributed by atoms with Gasteiger partial charge in [0.25, 0.3) is 0 Å². The Labute approximate surface area is 197 Å². The third-order valence-corrected chi connectivity index (χ3v) is 6.52. The summed E-state index contributed by atoms with van der Waals surface area (Å²) in [4.78, 5) is 16.0. The van der Waals surface area contributed by atoms with E-state index in [1.54, 1.807) is 30.3 Å². The molecule has 0 bridgehead atoms.